The molecule has 0 fully saturated rings. The smallest absolute Gasteiger partial charge is 0.324 e. The summed E-state index contributed by atoms with van der Waals surface area (Å²) in [6.07, 6.45) is 0.426. The summed E-state index contributed by atoms with van der Waals surface area (Å²) in [7, 11) is -1.37. The molecular weight excluding hydrogens is 291 g/mol. The number of sulfonamides is 1. The van der Waals surface area contributed by atoms with Gasteiger partial charge in [0, 0.05) is 27.3 Å². The van der Waals surface area contributed by atoms with E-state index < -0.39 is 31.3 Å². The SMILES string of the molecule is COCCCN(C)S(=O)(=O)c1cccc(F)c1[N+](=O)[O-]. The zero-order chi connectivity index (χ0) is 15.3. The van der Waals surface area contributed by atoms with Gasteiger partial charge in [-0.1, -0.05) is 6.07 Å². The van der Waals surface area contributed by atoms with Gasteiger partial charge in [0.2, 0.25) is 15.8 Å². The highest BCUT2D eigenvalue weighted by molar-refractivity contribution is 7.89. The fraction of sp³-hybridized carbons (Fsp3) is 0.455. The first kappa shape index (κ1) is 16.5. The van der Waals surface area contributed by atoms with E-state index in [1.807, 2.05) is 0 Å². The molecule has 112 valence electrons. The highest BCUT2D eigenvalue weighted by Gasteiger charge is 2.32. The molecular formula is C11H15FN2O5S. The second kappa shape index (κ2) is 6.73. The third-order valence-corrected chi connectivity index (χ3v) is 4.53. The maximum Gasteiger partial charge on any atom is 0.324 e. The highest BCUT2D eigenvalue weighted by Crippen LogP contribution is 2.28. The molecule has 0 aliphatic heterocycles. The van der Waals surface area contributed by atoms with Crippen molar-refractivity contribution in [3.63, 3.8) is 0 Å². The van der Waals surface area contributed by atoms with Crippen molar-refractivity contribution in [2.24, 2.45) is 0 Å². The summed E-state index contributed by atoms with van der Waals surface area (Å²) in [5.74, 6) is -1.18. The predicted molar refractivity (Wildman–Crippen MR) is 69.4 cm³/mol. The molecule has 0 saturated carbocycles. The lowest BCUT2D eigenvalue weighted by molar-refractivity contribution is -0.390. The van der Waals surface area contributed by atoms with E-state index in [9.17, 15) is 22.9 Å². The molecule has 0 aliphatic carbocycles. The Balaban J connectivity index is 3.16. The molecule has 0 saturated heterocycles. The second-order valence-electron chi connectivity index (χ2n) is 4.02. The lowest BCUT2D eigenvalue weighted by Gasteiger charge is -2.16. The van der Waals surface area contributed by atoms with Gasteiger partial charge in [-0.15, -0.1) is 0 Å². The van der Waals surface area contributed by atoms with Crippen molar-refractivity contribution in [3.8, 4) is 0 Å². The molecule has 1 aromatic rings. The number of ether oxygens (including phenoxy) is 1. The van der Waals surface area contributed by atoms with Crippen LogP contribution in [0, 0.1) is 15.9 Å². The normalized spacial score (nSPS) is 11.8. The van der Waals surface area contributed by atoms with E-state index >= 15 is 0 Å². The van der Waals surface area contributed by atoms with Crippen LogP contribution in [-0.2, 0) is 14.8 Å². The molecule has 0 bridgehead atoms. The van der Waals surface area contributed by atoms with Gasteiger partial charge in [-0.25, -0.2) is 12.7 Å². The lowest BCUT2D eigenvalue weighted by Crippen LogP contribution is -2.29. The molecule has 0 aromatic heterocycles. The average molecular weight is 306 g/mol. The Labute approximate surface area is 116 Å². The van der Waals surface area contributed by atoms with Crippen LogP contribution < -0.4 is 0 Å². The molecule has 0 aliphatic rings. The van der Waals surface area contributed by atoms with Crippen LogP contribution in [0.25, 0.3) is 0 Å². The highest BCUT2D eigenvalue weighted by atomic mass is 32.2. The number of hydrogen-bond donors (Lipinski definition) is 0. The minimum atomic E-state index is -4.12. The number of nitro benzene ring substituents is 1. The third kappa shape index (κ3) is 3.50. The van der Waals surface area contributed by atoms with E-state index in [-0.39, 0.29) is 6.54 Å². The molecule has 20 heavy (non-hydrogen) atoms. The van der Waals surface area contributed by atoms with Crippen molar-refractivity contribution in [3.05, 3.63) is 34.1 Å². The lowest BCUT2D eigenvalue weighted by atomic mass is 10.3. The average Bonchev–Trinajstić information content (AvgIpc) is 2.38. The number of benzene rings is 1. The Hall–Kier alpha value is -1.58. The minimum Gasteiger partial charge on any atom is -0.385 e. The summed E-state index contributed by atoms with van der Waals surface area (Å²) in [6, 6.07) is 2.99. The van der Waals surface area contributed by atoms with Gasteiger partial charge in [0.05, 0.1) is 4.92 Å². The van der Waals surface area contributed by atoms with Crippen LogP contribution in [0.4, 0.5) is 10.1 Å². The van der Waals surface area contributed by atoms with Crippen molar-refractivity contribution in [1.82, 2.24) is 4.31 Å². The zero-order valence-electron chi connectivity index (χ0n) is 11.1. The molecule has 0 amide bonds. The minimum absolute atomic E-state index is 0.115. The molecule has 9 heteroatoms. The Morgan fingerprint density at radius 2 is 2.10 bits per heavy atom. The molecule has 0 N–H and O–H groups in total. The standard InChI is InChI=1S/C11H15FN2O5S/c1-13(7-4-8-19-2)20(17,18)10-6-3-5-9(12)11(10)14(15)16/h3,5-6H,4,7-8H2,1-2H3. The predicted octanol–water partition coefficient (Wildman–Crippen LogP) is 1.39. The number of methoxy groups -OCH3 is 1. The van der Waals surface area contributed by atoms with Crippen LogP contribution in [-0.4, -0.2) is 45.0 Å². The Kier molecular flexibility index (Phi) is 5.54. The third-order valence-electron chi connectivity index (χ3n) is 2.64. The molecule has 0 atom stereocenters. The van der Waals surface area contributed by atoms with Gasteiger partial charge in [-0.3, -0.25) is 10.1 Å². The van der Waals surface area contributed by atoms with Gasteiger partial charge < -0.3 is 4.74 Å². The number of nitro groups is 1. The first-order valence-electron chi connectivity index (χ1n) is 5.70. The number of rotatable bonds is 7. The van der Waals surface area contributed by atoms with Crippen LogP contribution in [0.2, 0.25) is 0 Å². The summed E-state index contributed by atoms with van der Waals surface area (Å²) >= 11 is 0. The monoisotopic (exact) mass is 306 g/mol. The van der Waals surface area contributed by atoms with E-state index in [1.54, 1.807) is 0 Å². The Bertz CT molecular complexity index is 590. The molecule has 7 nitrogen and oxygen atoms in total. The largest absolute Gasteiger partial charge is 0.385 e. The van der Waals surface area contributed by atoms with Gasteiger partial charge in [0.1, 0.15) is 0 Å². The molecule has 1 aromatic carbocycles. The van der Waals surface area contributed by atoms with Gasteiger partial charge in [0.15, 0.2) is 4.90 Å². The number of hydrogen-bond acceptors (Lipinski definition) is 5. The van der Waals surface area contributed by atoms with Gasteiger partial charge in [-0.2, -0.15) is 4.39 Å². The summed E-state index contributed by atoms with van der Waals surface area (Å²) in [5, 5.41) is 10.8. The van der Waals surface area contributed by atoms with Crippen molar-refractivity contribution in [1.29, 1.82) is 0 Å². The van der Waals surface area contributed by atoms with E-state index in [4.69, 9.17) is 4.74 Å². The summed E-state index contributed by atoms with van der Waals surface area (Å²) in [5.41, 5.74) is -1.04. The van der Waals surface area contributed by atoms with E-state index in [0.717, 1.165) is 22.5 Å². The van der Waals surface area contributed by atoms with Crippen LogP contribution in [0.3, 0.4) is 0 Å². The van der Waals surface area contributed by atoms with Gasteiger partial charge in [0.25, 0.3) is 0 Å². The molecule has 0 spiro atoms. The van der Waals surface area contributed by atoms with E-state index in [1.165, 1.54) is 14.2 Å². The molecule has 0 unspecified atom stereocenters. The molecule has 0 radical (unpaired) electrons. The second-order valence-corrected chi connectivity index (χ2v) is 6.03. The van der Waals surface area contributed by atoms with E-state index in [2.05, 4.69) is 0 Å². The van der Waals surface area contributed by atoms with Crippen LogP contribution in [0.15, 0.2) is 23.1 Å². The number of halogens is 1. The Morgan fingerprint density at radius 3 is 2.65 bits per heavy atom. The maximum absolute atomic E-state index is 13.5. The summed E-state index contributed by atoms with van der Waals surface area (Å²) in [4.78, 5) is 9.15. The van der Waals surface area contributed by atoms with E-state index in [0.29, 0.717) is 13.0 Å². The van der Waals surface area contributed by atoms with Crippen LogP contribution in [0.5, 0.6) is 0 Å². The van der Waals surface area contributed by atoms with Crippen molar-refractivity contribution in [2.75, 3.05) is 27.3 Å². The first-order valence-corrected chi connectivity index (χ1v) is 7.14. The molecule has 0 heterocycles. The zero-order valence-corrected chi connectivity index (χ0v) is 11.9. The van der Waals surface area contributed by atoms with Crippen molar-refractivity contribution in [2.45, 2.75) is 11.3 Å². The van der Waals surface area contributed by atoms with Crippen molar-refractivity contribution < 1.29 is 22.5 Å². The maximum atomic E-state index is 13.5. The topological polar surface area (TPSA) is 89.8 Å². The van der Waals surface area contributed by atoms with Gasteiger partial charge in [-0.05, 0) is 18.6 Å². The van der Waals surface area contributed by atoms with Crippen molar-refractivity contribution >= 4 is 15.7 Å². The quantitative estimate of drug-likeness (QED) is 0.431. The summed E-state index contributed by atoms with van der Waals surface area (Å²) < 4.78 is 43.6. The first-order chi connectivity index (χ1) is 9.32. The Morgan fingerprint density at radius 1 is 1.45 bits per heavy atom. The number of nitrogens with zero attached hydrogens (tertiary/aromatic N) is 2. The van der Waals surface area contributed by atoms with Crippen LogP contribution in [0.1, 0.15) is 6.42 Å². The van der Waals surface area contributed by atoms with Gasteiger partial charge >= 0.3 is 5.69 Å². The fourth-order valence-corrected chi connectivity index (χ4v) is 2.97. The van der Waals surface area contributed by atoms with Crippen LogP contribution >= 0.6 is 0 Å². The number of para-hydroxylation sites is 1. The summed E-state index contributed by atoms with van der Waals surface area (Å²) in [6.45, 7) is 0.467. The fourth-order valence-electron chi connectivity index (χ4n) is 1.60. The molecule has 1 rings (SSSR count).